The SMILES string of the molecule is CC[N+](C)(CCCCCNP(=O)(OCc1cnc([N+](=O)[O-])n1C)N(CCCl)CCCl)Cc1ccccc1.[I-]. The van der Waals surface area contributed by atoms with Crippen molar-refractivity contribution in [1.29, 1.82) is 0 Å². The van der Waals surface area contributed by atoms with Gasteiger partial charge in [-0.05, 0) is 31.1 Å². The maximum atomic E-state index is 13.9. The van der Waals surface area contributed by atoms with Gasteiger partial charge in [-0.2, -0.15) is 0 Å². The van der Waals surface area contributed by atoms with Gasteiger partial charge in [-0.15, -0.1) is 23.2 Å². The number of nitro groups is 1. The monoisotopic (exact) mass is 704 g/mol. The molecule has 14 heteroatoms. The molecule has 0 bridgehead atoms. The maximum absolute atomic E-state index is 13.9. The molecule has 2 atom stereocenters. The molecule has 1 aromatic heterocycles. The molecule has 2 rings (SSSR count). The van der Waals surface area contributed by atoms with Crippen molar-refractivity contribution < 1.29 is 42.5 Å². The summed E-state index contributed by atoms with van der Waals surface area (Å²) in [6, 6.07) is 10.5. The van der Waals surface area contributed by atoms with Crippen LogP contribution in [-0.4, -0.2) is 75.2 Å². The minimum Gasteiger partial charge on any atom is -1.00 e. The van der Waals surface area contributed by atoms with Gasteiger partial charge in [-0.25, -0.2) is 14.3 Å². The summed E-state index contributed by atoms with van der Waals surface area (Å²) in [5.74, 6) is 0.222. The number of rotatable bonds is 19. The van der Waals surface area contributed by atoms with Crippen molar-refractivity contribution in [2.75, 3.05) is 51.5 Å². The summed E-state index contributed by atoms with van der Waals surface area (Å²) in [5, 5.41) is 14.2. The number of benzene rings is 1. The third-order valence-corrected chi connectivity index (χ3v) is 9.11. The number of unbranched alkanes of at least 4 members (excludes halogenated alkanes) is 2. The minimum absolute atomic E-state index is 0. The second kappa shape index (κ2) is 17.8. The molecular formula is C24H40Cl2IN6O4P. The number of hydrogen-bond donors (Lipinski definition) is 1. The minimum atomic E-state index is -3.50. The van der Waals surface area contributed by atoms with Crippen molar-refractivity contribution in [3.63, 3.8) is 0 Å². The quantitative estimate of drug-likeness (QED) is 0.0455. The van der Waals surface area contributed by atoms with Crippen molar-refractivity contribution in [3.8, 4) is 0 Å². The molecule has 216 valence electrons. The van der Waals surface area contributed by atoms with E-state index in [4.69, 9.17) is 27.7 Å². The Morgan fingerprint density at radius 3 is 2.39 bits per heavy atom. The van der Waals surface area contributed by atoms with Crippen LogP contribution in [0.2, 0.25) is 0 Å². The predicted molar refractivity (Wildman–Crippen MR) is 149 cm³/mol. The number of nitrogens with one attached hydrogen (secondary N) is 1. The van der Waals surface area contributed by atoms with Gasteiger partial charge in [-0.3, -0.25) is 9.09 Å². The summed E-state index contributed by atoms with van der Waals surface area (Å²) in [6.07, 6.45) is 4.22. The predicted octanol–water partition coefficient (Wildman–Crippen LogP) is 2.16. The standard InChI is InChI=1S/C24H40Cl2N6O4P.HI/c1-4-32(3,20-22-11-7-5-8-12-22)18-10-6-9-15-28-37(35,30(16-13-25)17-14-26)36-21-23-19-27-24(29(23)2)31(33)34;/h5,7-8,11-12,19H,4,6,9-10,13-18,20-21H2,1-3H3,(H,28,35);1H/q+1;/p-1. The van der Waals surface area contributed by atoms with Crippen LogP contribution in [0.25, 0.3) is 0 Å². The van der Waals surface area contributed by atoms with E-state index < -0.39 is 12.6 Å². The van der Waals surface area contributed by atoms with E-state index in [1.54, 1.807) is 4.67 Å². The molecule has 0 aliphatic heterocycles. The molecule has 0 spiro atoms. The molecule has 2 aromatic rings. The number of quaternary nitrogens is 1. The fraction of sp³-hybridized carbons (Fsp3) is 0.625. The van der Waals surface area contributed by atoms with Crippen molar-refractivity contribution in [1.82, 2.24) is 19.3 Å². The van der Waals surface area contributed by atoms with Crippen LogP contribution in [0.5, 0.6) is 0 Å². The fourth-order valence-corrected chi connectivity index (χ4v) is 6.65. The highest BCUT2D eigenvalue weighted by Crippen LogP contribution is 2.47. The molecule has 0 fully saturated rings. The number of aromatic nitrogens is 2. The second-order valence-electron chi connectivity index (χ2n) is 9.26. The van der Waals surface area contributed by atoms with Gasteiger partial charge in [0.05, 0.1) is 27.2 Å². The molecule has 1 N–H and O–H groups in total. The van der Waals surface area contributed by atoms with Gasteiger partial charge in [0.25, 0.3) is 0 Å². The molecule has 1 heterocycles. The Kier molecular flexibility index (Phi) is 16.5. The molecule has 0 radical (unpaired) electrons. The van der Waals surface area contributed by atoms with E-state index in [1.165, 1.54) is 23.4 Å². The number of imidazole rings is 1. The van der Waals surface area contributed by atoms with E-state index in [0.717, 1.165) is 43.4 Å². The third-order valence-electron chi connectivity index (χ3n) is 6.53. The molecular weight excluding hydrogens is 665 g/mol. The van der Waals surface area contributed by atoms with E-state index in [9.17, 15) is 14.7 Å². The van der Waals surface area contributed by atoms with E-state index in [1.807, 2.05) is 6.07 Å². The second-order valence-corrected chi connectivity index (χ2v) is 12.2. The average Bonchev–Trinajstić information content (AvgIpc) is 3.26. The van der Waals surface area contributed by atoms with Crippen LogP contribution in [0.1, 0.15) is 37.4 Å². The Morgan fingerprint density at radius 1 is 1.18 bits per heavy atom. The van der Waals surface area contributed by atoms with Crippen LogP contribution in [0.3, 0.4) is 0 Å². The van der Waals surface area contributed by atoms with Gasteiger partial charge in [-0.1, -0.05) is 35.3 Å². The highest BCUT2D eigenvalue weighted by molar-refractivity contribution is 7.54. The van der Waals surface area contributed by atoms with Gasteiger partial charge in [0.2, 0.25) is 0 Å². The first-order chi connectivity index (χ1) is 17.7. The molecule has 0 aliphatic rings. The van der Waals surface area contributed by atoms with Crippen LogP contribution in [-0.2, 0) is 29.3 Å². The van der Waals surface area contributed by atoms with Crippen LogP contribution >= 0.6 is 30.9 Å². The molecule has 0 amide bonds. The summed E-state index contributed by atoms with van der Waals surface area (Å²) in [5.41, 5.74) is 1.78. The number of hydrogen-bond acceptors (Lipinski definition) is 5. The van der Waals surface area contributed by atoms with Crippen LogP contribution in [0.4, 0.5) is 5.95 Å². The van der Waals surface area contributed by atoms with E-state index in [2.05, 4.69) is 48.3 Å². The zero-order valence-electron chi connectivity index (χ0n) is 22.4. The molecule has 2 unspecified atom stereocenters. The molecule has 0 saturated carbocycles. The van der Waals surface area contributed by atoms with E-state index in [0.29, 0.717) is 25.3 Å². The first-order valence-corrected chi connectivity index (χ1v) is 15.2. The average molecular weight is 705 g/mol. The van der Waals surface area contributed by atoms with Crippen molar-refractivity contribution in [3.05, 3.63) is 57.9 Å². The Balaban J connectivity index is 0.00000722. The topological polar surface area (TPSA) is 103 Å². The lowest BCUT2D eigenvalue weighted by Gasteiger charge is -2.34. The lowest BCUT2D eigenvalue weighted by Crippen LogP contribution is -3.00. The number of halogens is 3. The zero-order valence-corrected chi connectivity index (χ0v) is 27.0. The fourth-order valence-electron chi connectivity index (χ4n) is 4.08. The summed E-state index contributed by atoms with van der Waals surface area (Å²) >= 11 is 11.9. The van der Waals surface area contributed by atoms with Crippen LogP contribution in [0, 0.1) is 10.1 Å². The normalized spacial score (nSPS) is 14.6. The summed E-state index contributed by atoms with van der Waals surface area (Å²) in [4.78, 5) is 14.3. The van der Waals surface area contributed by atoms with E-state index >= 15 is 0 Å². The molecule has 1 aromatic carbocycles. The van der Waals surface area contributed by atoms with Crippen molar-refractivity contribution >= 4 is 36.8 Å². The Bertz CT molecular complexity index is 1010. The molecule has 38 heavy (non-hydrogen) atoms. The third kappa shape index (κ3) is 11.0. The van der Waals surface area contributed by atoms with Gasteiger partial charge in [0.1, 0.15) is 25.0 Å². The van der Waals surface area contributed by atoms with Gasteiger partial charge >= 0.3 is 13.6 Å². The van der Waals surface area contributed by atoms with Crippen LogP contribution < -0.4 is 29.1 Å². The molecule has 10 nitrogen and oxygen atoms in total. The Labute approximate surface area is 253 Å². The summed E-state index contributed by atoms with van der Waals surface area (Å²) in [6.45, 7) is 6.38. The maximum Gasteiger partial charge on any atom is 0.434 e. The summed E-state index contributed by atoms with van der Waals surface area (Å²) in [7, 11) is 0.314. The van der Waals surface area contributed by atoms with Gasteiger partial charge in [0.15, 0.2) is 0 Å². The summed E-state index contributed by atoms with van der Waals surface area (Å²) < 4.78 is 23.6. The molecule has 0 aliphatic carbocycles. The smallest absolute Gasteiger partial charge is 0.434 e. The highest BCUT2D eigenvalue weighted by Gasteiger charge is 2.32. The Hall–Kier alpha value is -0.790. The lowest BCUT2D eigenvalue weighted by atomic mass is 10.1. The van der Waals surface area contributed by atoms with Crippen LogP contribution in [0.15, 0.2) is 36.5 Å². The zero-order chi connectivity index (χ0) is 27.3. The van der Waals surface area contributed by atoms with Crippen molar-refractivity contribution in [2.45, 2.75) is 39.3 Å². The first-order valence-electron chi connectivity index (χ1n) is 12.6. The number of nitrogens with zero attached hydrogens (tertiary/aromatic N) is 5. The van der Waals surface area contributed by atoms with E-state index in [-0.39, 0.29) is 48.3 Å². The largest absolute Gasteiger partial charge is 1.00 e. The van der Waals surface area contributed by atoms with Gasteiger partial charge < -0.3 is 38.6 Å². The molecule has 0 saturated heterocycles. The highest BCUT2D eigenvalue weighted by atomic mass is 127. The Morgan fingerprint density at radius 2 is 1.84 bits per heavy atom. The van der Waals surface area contributed by atoms with Crippen molar-refractivity contribution in [2.24, 2.45) is 7.05 Å². The first kappa shape index (κ1) is 35.2. The lowest BCUT2D eigenvalue weighted by molar-refractivity contribution is -0.921. The number of alkyl halides is 2. The van der Waals surface area contributed by atoms with Gasteiger partial charge in [0, 0.05) is 37.0 Å².